The van der Waals surface area contributed by atoms with Crippen molar-refractivity contribution in [2.24, 2.45) is 0 Å². The molecule has 6 nitrogen and oxygen atoms in total. The molecule has 6 rings (SSSR count). The third kappa shape index (κ3) is 11.3. The molecule has 3 aromatic heterocycles. The van der Waals surface area contributed by atoms with Gasteiger partial charge in [0.2, 0.25) is 0 Å². The molecule has 50 heavy (non-hydrogen) atoms. The zero-order valence-corrected chi connectivity index (χ0v) is 30.8. The van der Waals surface area contributed by atoms with Crippen molar-refractivity contribution in [1.82, 2.24) is 15.0 Å². The van der Waals surface area contributed by atoms with Crippen LogP contribution < -0.4 is 0 Å². The van der Waals surface area contributed by atoms with Crippen molar-refractivity contribution in [3.05, 3.63) is 175 Å². The number of carbonyl (C=O) groups excluding carboxylic acids is 3. The van der Waals surface area contributed by atoms with Crippen LogP contribution in [-0.4, -0.2) is 32.3 Å². The van der Waals surface area contributed by atoms with Crippen molar-refractivity contribution in [2.45, 2.75) is 33.6 Å². The van der Waals surface area contributed by atoms with Crippen LogP contribution in [0.25, 0.3) is 33.8 Å². The van der Waals surface area contributed by atoms with E-state index in [0.717, 1.165) is 44.9 Å². The Morgan fingerprint density at radius 1 is 0.500 bits per heavy atom. The van der Waals surface area contributed by atoms with Gasteiger partial charge in [-0.25, -0.2) is 0 Å². The molecule has 0 aliphatic carbocycles. The maximum absolute atomic E-state index is 11.8. The van der Waals surface area contributed by atoms with Crippen LogP contribution in [0.3, 0.4) is 0 Å². The molecule has 3 aromatic carbocycles. The van der Waals surface area contributed by atoms with Crippen LogP contribution in [0.15, 0.2) is 158 Å². The number of hydrogen-bond donors (Lipinski definition) is 0. The summed E-state index contributed by atoms with van der Waals surface area (Å²) in [5.74, 6) is 0.304. The number of rotatable bonds is 9. The van der Waals surface area contributed by atoms with Gasteiger partial charge in [-0.3, -0.25) is 29.3 Å². The summed E-state index contributed by atoms with van der Waals surface area (Å²) in [4.78, 5) is 47.7. The van der Waals surface area contributed by atoms with Crippen molar-refractivity contribution >= 4 is 17.3 Å². The molecule has 0 N–H and O–H groups in total. The number of hydrogen-bond acceptors (Lipinski definition) is 6. The van der Waals surface area contributed by atoms with Gasteiger partial charge in [-0.2, -0.15) is 0 Å². The van der Waals surface area contributed by atoms with E-state index in [1.807, 2.05) is 135 Å². The summed E-state index contributed by atoms with van der Waals surface area (Å²) in [6.07, 6.45) is 6.31. The van der Waals surface area contributed by atoms with Gasteiger partial charge in [0.05, 0.1) is 17.1 Å². The summed E-state index contributed by atoms with van der Waals surface area (Å²) >= 11 is 0. The second-order valence-corrected chi connectivity index (χ2v) is 11.1. The molecule has 7 heteroatoms. The molecule has 0 saturated carbocycles. The summed E-state index contributed by atoms with van der Waals surface area (Å²) in [6, 6.07) is 39.9. The molecule has 1 radical (unpaired) electrons. The number of nitrogens with zero attached hydrogens (tertiary/aromatic N) is 3. The number of pyridine rings is 3. The third-order valence-electron chi connectivity index (χ3n) is 7.41. The van der Waals surface area contributed by atoms with Crippen LogP contribution in [-0.2, 0) is 20.1 Å². The van der Waals surface area contributed by atoms with Crippen LogP contribution in [0.2, 0.25) is 0 Å². The summed E-state index contributed by atoms with van der Waals surface area (Å²) in [5, 5.41) is 0. The predicted octanol–water partition coefficient (Wildman–Crippen LogP) is 10.2. The Kier molecular flexibility index (Phi) is 15.7. The van der Waals surface area contributed by atoms with Gasteiger partial charge in [0.25, 0.3) is 0 Å². The fourth-order valence-electron chi connectivity index (χ4n) is 4.78. The van der Waals surface area contributed by atoms with E-state index in [4.69, 9.17) is 0 Å². The van der Waals surface area contributed by atoms with E-state index in [2.05, 4.69) is 21.5 Å². The van der Waals surface area contributed by atoms with Crippen LogP contribution >= 0.6 is 0 Å². The average molecular weight is 838 g/mol. The minimum atomic E-state index is -0.0252. The van der Waals surface area contributed by atoms with Crippen LogP contribution in [0.4, 0.5) is 0 Å². The van der Waals surface area contributed by atoms with E-state index in [0.29, 0.717) is 24.0 Å². The van der Waals surface area contributed by atoms with E-state index in [-0.39, 0.29) is 37.5 Å². The van der Waals surface area contributed by atoms with Crippen molar-refractivity contribution in [3.63, 3.8) is 0 Å². The molecule has 0 unspecified atom stereocenters. The van der Waals surface area contributed by atoms with E-state index in [9.17, 15) is 14.4 Å². The Hall–Kier alpha value is -5.49. The van der Waals surface area contributed by atoms with Gasteiger partial charge in [0.1, 0.15) is 0 Å². The minimum absolute atomic E-state index is 0. The number of ketones is 3. The summed E-state index contributed by atoms with van der Waals surface area (Å²) in [5.41, 5.74) is 8.28. The second-order valence-electron chi connectivity index (χ2n) is 11.1. The zero-order valence-electron chi connectivity index (χ0n) is 28.4. The predicted molar refractivity (Wildman–Crippen MR) is 197 cm³/mol. The normalized spacial score (nSPS) is 9.82. The van der Waals surface area contributed by atoms with Crippen molar-refractivity contribution in [3.8, 4) is 33.8 Å². The fourth-order valence-corrected chi connectivity index (χ4v) is 4.78. The first-order valence-corrected chi connectivity index (χ1v) is 16.1. The third-order valence-corrected chi connectivity index (χ3v) is 7.41. The Morgan fingerprint density at radius 2 is 0.840 bits per heavy atom. The largest absolute Gasteiger partial charge is 0.294 e. The van der Waals surface area contributed by atoms with E-state index in [1.54, 1.807) is 31.6 Å². The first-order chi connectivity index (χ1) is 23.8. The Bertz CT molecular complexity index is 1920. The quantitative estimate of drug-likeness (QED) is 0.106. The number of benzene rings is 3. The molecule has 0 aliphatic heterocycles. The first-order valence-electron chi connectivity index (χ1n) is 16.1. The molecule has 6 aromatic rings. The number of aromatic nitrogens is 3. The van der Waals surface area contributed by atoms with E-state index >= 15 is 0 Å². The zero-order chi connectivity index (χ0) is 35.0. The molecule has 0 bridgehead atoms. The van der Waals surface area contributed by atoms with Gasteiger partial charge in [-0.05, 0) is 67.1 Å². The molecule has 3 heterocycles. The van der Waals surface area contributed by atoms with Gasteiger partial charge in [-0.1, -0.05) is 93.2 Å². The topological polar surface area (TPSA) is 89.9 Å². The molecular weight excluding hydrogens is 799 g/mol. The molecule has 0 spiro atoms. The van der Waals surface area contributed by atoms with Crippen molar-refractivity contribution in [2.75, 3.05) is 0 Å². The van der Waals surface area contributed by atoms with Crippen LogP contribution in [0, 0.1) is 0 Å². The summed E-state index contributed by atoms with van der Waals surface area (Å²) in [6.45, 7) is 9.13. The molecule has 0 saturated heterocycles. The van der Waals surface area contributed by atoms with Gasteiger partial charge in [0.15, 0.2) is 17.3 Å². The minimum Gasteiger partial charge on any atom is -0.294 e. The average Bonchev–Trinajstić information content (AvgIpc) is 3.18. The number of Topliss-reactive ketones (excluding diaryl/α,β-unsaturated/α-hetero) is 3. The molecule has 0 aliphatic rings. The van der Waals surface area contributed by atoms with Gasteiger partial charge >= 0.3 is 0 Å². The first kappa shape index (κ1) is 39.0. The van der Waals surface area contributed by atoms with Crippen LogP contribution in [0.5, 0.6) is 0 Å². The smallest absolute Gasteiger partial charge is 0.188 e. The van der Waals surface area contributed by atoms with Gasteiger partial charge < -0.3 is 0 Å². The maximum atomic E-state index is 11.8. The molecule has 0 amide bonds. The second kappa shape index (κ2) is 20.1. The fraction of sp³-hybridized carbons (Fsp3) is 0.116. The summed E-state index contributed by atoms with van der Waals surface area (Å²) < 4.78 is 0. The van der Waals surface area contributed by atoms with Gasteiger partial charge in [-0.15, -0.1) is 0 Å². The molecular formula is C43H39IrN3O3. The monoisotopic (exact) mass is 838 g/mol. The summed E-state index contributed by atoms with van der Waals surface area (Å²) in [7, 11) is 0. The maximum Gasteiger partial charge on any atom is 0.188 e. The molecule has 0 fully saturated rings. The van der Waals surface area contributed by atoms with Crippen molar-refractivity contribution < 1.29 is 34.5 Å². The van der Waals surface area contributed by atoms with E-state index < -0.39 is 0 Å². The Labute approximate surface area is 307 Å². The molecule has 0 atom stereocenters. The number of carbonyl (C=O) groups is 3. The SMILES string of the molecule is C=C(C)C(=O)c1cccc(-c2ccccn2)c1.CCC(=O)c1cccc(-c2ccccn2)c1.CCC(=O)c1cccc(-c2ccccn2)c1.[Ir]. The van der Waals surface area contributed by atoms with Crippen LogP contribution in [0.1, 0.15) is 64.7 Å². The Morgan fingerprint density at radius 3 is 1.14 bits per heavy atom. The van der Waals surface area contributed by atoms with Crippen molar-refractivity contribution in [1.29, 1.82) is 0 Å². The number of allylic oxidation sites excluding steroid dienone is 1. The standard InChI is InChI=1S/C15H13NO.2C14H13NO.Ir/c1-11(2)15(17)13-7-5-6-12(10-13)14-8-3-4-9-16-14;2*1-2-14(16)12-7-5-6-11(10-12)13-8-3-4-9-15-13;/h3-10H,1H2,2H3;2*3-10H,2H2,1H3;. The Balaban J connectivity index is 0.000000201. The molecule has 253 valence electrons. The van der Waals surface area contributed by atoms with Gasteiger partial charge in [0, 0.05) is 84.9 Å². The van der Waals surface area contributed by atoms with E-state index in [1.165, 1.54) is 0 Å².